The van der Waals surface area contributed by atoms with Crippen molar-refractivity contribution >= 4 is 21.6 Å². The minimum atomic E-state index is -3.85. The normalized spacial score (nSPS) is 20.4. The molecular weight excluding hydrogens is 566 g/mol. The van der Waals surface area contributed by atoms with Crippen molar-refractivity contribution in [1.82, 2.24) is 18.8 Å². The van der Waals surface area contributed by atoms with E-state index in [4.69, 9.17) is 9.47 Å². The Morgan fingerprint density at radius 3 is 2.40 bits per heavy atom. The fourth-order valence-corrected chi connectivity index (χ4v) is 9.14. The predicted octanol–water partition coefficient (Wildman–Crippen LogP) is 3.79. The standard InChI is InChI=1S/C32H41N5O5S/c1-24-19-27(41-3)20-25(2)31(24)43(39,40)37-18-17-34-13-4-5-28(34)29(37)21-42-22-30(38)35-14-8-32(9-15-35)10-16-36(23-32)26-6-11-33-12-7-26/h4-7,11-13,19-20,29H,8-10,14-18,21-23H2,1-3H3. The first-order valence-corrected chi connectivity index (χ1v) is 16.5. The second kappa shape index (κ2) is 11.9. The molecule has 1 atom stereocenters. The number of hydrogen-bond acceptors (Lipinski definition) is 7. The number of benzene rings is 1. The molecule has 0 saturated carbocycles. The van der Waals surface area contributed by atoms with E-state index < -0.39 is 16.1 Å². The smallest absolute Gasteiger partial charge is 0.248 e. The number of ether oxygens (including phenoxy) is 2. The van der Waals surface area contributed by atoms with Crippen molar-refractivity contribution in [2.45, 2.75) is 50.6 Å². The molecule has 1 amide bonds. The molecule has 0 N–H and O–H groups in total. The first-order chi connectivity index (χ1) is 20.7. The zero-order chi connectivity index (χ0) is 30.2. The molecule has 10 nitrogen and oxygen atoms in total. The number of aryl methyl sites for hydroxylation is 2. The molecule has 3 aliphatic heterocycles. The lowest BCUT2D eigenvalue weighted by molar-refractivity contribution is -0.138. The number of hydrogen-bond donors (Lipinski definition) is 0. The molecule has 0 radical (unpaired) electrons. The van der Waals surface area contributed by atoms with Crippen LogP contribution in [0.3, 0.4) is 0 Å². The van der Waals surface area contributed by atoms with Crippen molar-refractivity contribution in [3.63, 3.8) is 0 Å². The first kappa shape index (κ1) is 29.7. The molecule has 5 heterocycles. The van der Waals surface area contributed by atoms with Gasteiger partial charge in [0.05, 0.1) is 24.7 Å². The van der Waals surface area contributed by atoms with E-state index in [1.54, 1.807) is 33.1 Å². The molecular formula is C32H41N5O5S. The number of amides is 1. The van der Waals surface area contributed by atoms with Crippen LogP contribution in [0, 0.1) is 19.3 Å². The van der Waals surface area contributed by atoms with Gasteiger partial charge in [-0.25, -0.2) is 8.42 Å². The summed E-state index contributed by atoms with van der Waals surface area (Å²) in [5.74, 6) is 0.587. The molecule has 2 fully saturated rings. The SMILES string of the molecule is COc1cc(C)c(S(=O)(=O)N2CCn3cccc3C2COCC(=O)N2CCC3(CC2)CCN(c2ccncc2)C3)c(C)c1. The number of piperidine rings is 1. The number of nitrogens with zero attached hydrogens (tertiary/aromatic N) is 5. The number of sulfonamides is 1. The maximum atomic E-state index is 14.1. The van der Waals surface area contributed by atoms with E-state index in [1.807, 2.05) is 35.6 Å². The van der Waals surface area contributed by atoms with Gasteiger partial charge in [-0.2, -0.15) is 4.31 Å². The van der Waals surface area contributed by atoms with Gasteiger partial charge in [-0.3, -0.25) is 9.78 Å². The highest BCUT2D eigenvalue weighted by Crippen LogP contribution is 2.42. The van der Waals surface area contributed by atoms with E-state index in [2.05, 4.69) is 26.6 Å². The van der Waals surface area contributed by atoms with Gasteiger partial charge in [0.25, 0.3) is 0 Å². The predicted molar refractivity (Wildman–Crippen MR) is 164 cm³/mol. The van der Waals surface area contributed by atoms with Crippen molar-refractivity contribution in [1.29, 1.82) is 0 Å². The quantitative estimate of drug-likeness (QED) is 0.385. The number of carbonyl (C=O) groups is 1. The Kier molecular flexibility index (Phi) is 8.23. The van der Waals surface area contributed by atoms with Gasteiger partial charge in [0.15, 0.2) is 0 Å². The summed E-state index contributed by atoms with van der Waals surface area (Å²) in [6.07, 6.45) is 8.71. The van der Waals surface area contributed by atoms with Crippen molar-refractivity contribution in [3.8, 4) is 5.75 Å². The van der Waals surface area contributed by atoms with Gasteiger partial charge in [-0.1, -0.05) is 0 Å². The van der Waals surface area contributed by atoms with Gasteiger partial charge >= 0.3 is 0 Å². The van der Waals surface area contributed by atoms with Crippen LogP contribution < -0.4 is 9.64 Å². The third-order valence-electron chi connectivity index (χ3n) is 9.50. The fraction of sp³-hybridized carbons (Fsp3) is 0.500. The molecule has 6 rings (SSSR count). The minimum Gasteiger partial charge on any atom is -0.497 e. The van der Waals surface area contributed by atoms with Gasteiger partial charge < -0.3 is 23.8 Å². The molecule has 3 aliphatic rings. The Balaban J connectivity index is 1.09. The molecule has 1 aromatic carbocycles. The van der Waals surface area contributed by atoms with Crippen molar-refractivity contribution in [2.75, 3.05) is 57.9 Å². The first-order valence-electron chi connectivity index (χ1n) is 15.0. The van der Waals surface area contributed by atoms with Gasteiger partial charge in [0.1, 0.15) is 12.4 Å². The second-order valence-electron chi connectivity index (χ2n) is 12.1. The summed E-state index contributed by atoms with van der Waals surface area (Å²) in [5, 5.41) is 0. The Labute approximate surface area is 254 Å². The summed E-state index contributed by atoms with van der Waals surface area (Å²) in [5.41, 5.74) is 3.59. The third kappa shape index (κ3) is 5.77. The van der Waals surface area contributed by atoms with Crippen LogP contribution in [0.15, 0.2) is 59.9 Å². The van der Waals surface area contributed by atoms with Gasteiger partial charge in [-0.05, 0) is 86.1 Å². The lowest BCUT2D eigenvalue weighted by Crippen LogP contribution is -2.46. The Morgan fingerprint density at radius 1 is 1.00 bits per heavy atom. The van der Waals surface area contributed by atoms with Crippen LogP contribution >= 0.6 is 0 Å². The molecule has 3 aromatic rings. The number of anilines is 1. The third-order valence-corrected chi connectivity index (χ3v) is 11.7. The number of methoxy groups -OCH3 is 1. The van der Waals surface area contributed by atoms with Crippen LogP contribution in [-0.4, -0.2) is 86.1 Å². The van der Waals surface area contributed by atoms with Gasteiger partial charge in [0, 0.05) is 69.2 Å². The minimum absolute atomic E-state index is 0.0405. The van der Waals surface area contributed by atoms with Crippen LogP contribution in [0.4, 0.5) is 5.69 Å². The molecule has 0 aliphatic carbocycles. The molecule has 230 valence electrons. The summed E-state index contributed by atoms with van der Waals surface area (Å²) < 4.78 is 43.2. The second-order valence-corrected chi connectivity index (χ2v) is 13.9. The highest BCUT2D eigenvalue weighted by molar-refractivity contribution is 7.89. The highest BCUT2D eigenvalue weighted by Gasteiger charge is 2.42. The lowest BCUT2D eigenvalue weighted by Gasteiger charge is -2.39. The molecule has 1 spiro atoms. The molecule has 2 aromatic heterocycles. The van der Waals surface area contributed by atoms with E-state index in [0.717, 1.165) is 51.1 Å². The number of fused-ring (bicyclic) bond motifs is 1. The molecule has 2 saturated heterocycles. The van der Waals surface area contributed by atoms with Crippen LogP contribution in [0.25, 0.3) is 0 Å². The molecule has 11 heteroatoms. The van der Waals surface area contributed by atoms with Crippen molar-refractivity contribution in [3.05, 3.63) is 71.8 Å². The highest BCUT2D eigenvalue weighted by atomic mass is 32.2. The lowest BCUT2D eigenvalue weighted by atomic mass is 9.78. The molecule has 1 unspecified atom stereocenters. The topological polar surface area (TPSA) is 97.2 Å². The number of rotatable bonds is 8. The van der Waals surface area contributed by atoms with Crippen LogP contribution in [0.5, 0.6) is 5.75 Å². The number of likely N-dealkylation sites (tertiary alicyclic amines) is 1. The monoisotopic (exact) mass is 607 g/mol. The van der Waals surface area contributed by atoms with Gasteiger partial charge in [-0.15, -0.1) is 0 Å². The van der Waals surface area contributed by atoms with Crippen LogP contribution in [0.2, 0.25) is 0 Å². The molecule has 0 bridgehead atoms. The summed E-state index contributed by atoms with van der Waals surface area (Å²) in [4.78, 5) is 22.0. The Hall–Kier alpha value is -3.41. The van der Waals surface area contributed by atoms with Crippen molar-refractivity contribution < 1.29 is 22.7 Å². The van der Waals surface area contributed by atoms with E-state index in [0.29, 0.717) is 34.9 Å². The zero-order valence-electron chi connectivity index (χ0n) is 25.2. The van der Waals surface area contributed by atoms with Crippen LogP contribution in [0.1, 0.15) is 42.1 Å². The number of pyridine rings is 1. The fourth-order valence-electron chi connectivity index (χ4n) is 7.15. The maximum absolute atomic E-state index is 14.1. The average molecular weight is 608 g/mol. The number of aromatic nitrogens is 2. The Morgan fingerprint density at radius 2 is 1.70 bits per heavy atom. The Bertz CT molecular complexity index is 1540. The summed E-state index contributed by atoms with van der Waals surface area (Å²) in [6.45, 7) is 7.97. The van der Waals surface area contributed by atoms with E-state index >= 15 is 0 Å². The zero-order valence-corrected chi connectivity index (χ0v) is 26.1. The summed E-state index contributed by atoms with van der Waals surface area (Å²) in [6, 6.07) is 10.9. The van der Waals surface area contributed by atoms with E-state index in [1.165, 1.54) is 9.99 Å². The van der Waals surface area contributed by atoms with Gasteiger partial charge in [0.2, 0.25) is 15.9 Å². The van der Waals surface area contributed by atoms with Crippen LogP contribution in [-0.2, 0) is 26.1 Å². The maximum Gasteiger partial charge on any atom is 0.248 e. The summed E-state index contributed by atoms with van der Waals surface area (Å²) in [7, 11) is -2.27. The number of carbonyl (C=O) groups excluding carboxylic acids is 1. The molecule has 43 heavy (non-hydrogen) atoms. The van der Waals surface area contributed by atoms with E-state index in [9.17, 15) is 13.2 Å². The van der Waals surface area contributed by atoms with E-state index in [-0.39, 0.29) is 24.5 Å². The average Bonchev–Trinajstić information content (AvgIpc) is 3.65. The van der Waals surface area contributed by atoms with Crippen molar-refractivity contribution in [2.24, 2.45) is 5.41 Å². The summed E-state index contributed by atoms with van der Waals surface area (Å²) >= 11 is 0. The largest absolute Gasteiger partial charge is 0.497 e.